The van der Waals surface area contributed by atoms with E-state index in [-0.39, 0.29) is 0 Å². The van der Waals surface area contributed by atoms with Crippen LogP contribution >= 0.6 is 0 Å². The minimum atomic E-state index is -1.32. The van der Waals surface area contributed by atoms with Crippen LogP contribution in [-0.4, -0.2) is 5.67 Å². The molecule has 0 amide bonds. The summed E-state index contributed by atoms with van der Waals surface area (Å²) in [6.07, 6.45) is 5.05. The summed E-state index contributed by atoms with van der Waals surface area (Å²) in [4.78, 5) is 0. The summed E-state index contributed by atoms with van der Waals surface area (Å²) < 4.78 is 13.0. The predicted octanol–water partition coefficient (Wildman–Crippen LogP) is 2.12. The standard InChI is InChI=1S/C8H8FN/c1-8(9)4-2-3-7(5-8)6-10/h2-3,5H,4H2,1H3. The molecule has 0 saturated heterocycles. The average Bonchev–Trinajstić information content (AvgIpc) is 1.86. The van der Waals surface area contributed by atoms with Gasteiger partial charge in [0.1, 0.15) is 5.67 Å². The second-order valence-corrected chi connectivity index (χ2v) is 2.60. The van der Waals surface area contributed by atoms with Crippen LogP contribution in [0.2, 0.25) is 0 Å². The Morgan fingerprint density at radius 2 is 2.50 bits per heavy atom. The van der Waals surface area contributed by atoms with Crippen molar-refractivity contribution >= 4 is 0 Å². The quantitative estimate of drug-likeness (QED) is 0.501. The lowest BCUT2D eigenvalue weighted by Gasteiger charge is -2.16. The van der Waals surface area contributed by atoms with Crippen LogP contribution in [-0.2, 0) is 0 Å². The number of hydrogen-bond acceptors (Lipinski definition) is 1. The fourth-order valence-electron chi connectivity index (χ4n) is 0.917. The van der Waals surface area contributed by atoms with Crippen LogP contribution in [0.3, 0.4) is 0 Å². The normalized spacial score (nSPS) is 31.1. The van der Waals surface area contributed by atoms with E-state index in [9.17, 15) is 4.39 Å². The molecule has 0 aromatic heterocycles. The zero-order valence-corrected chi connectivity index (χ0v) is 5.76. The molecule has 0 bridgehead atoms. The Labute approximate surface area is 59.5 Å². The molecule has 0 N–H and O–H groups in total. The summed E-state index contributed by atoms with van der Waals surface area (Å²) in [6.45, 7) is 1.47. The lowest BCUT2D eigenvalue weighted by atomic mass is 9.96. The van der Waals surface area contributed by atoms with Gasteiger partial charge in [-0.25, -0.2) is 4.39 Å². The van der Waals surface area contributed by atoms with Gasteiger partial charge in [0.25, 0.3) is 0 Å². The fraction of sp³-hybridized carbons (Fsp3) is 0.375. The lowest BCUT2D eigenvalue weighted by Crippen LogP contribution is -2.15. The highest BCUT2D eigenvalue weighted by Gasteiger charge is 2.21. The molecule has 1 aliphatic carbocycles. The van der Waals surface area contributed by atoms with Gasteiger partial charge in [-0.2, -0.15) is 5.26 Å². The molecule has 1 atom stereocenters. The molecule has 0 spiro atoms. The van der Waals surface area contributed by atoms with Gasteiger partial charge in [-0.3, -0.25) is 0 Å². The molecule has 0 heterocycles. The summed E-state index contributed by atoms with van der Waals surface area (Å²) in [5.41, 5.74) is -0.906. The predicted molar refractivity (Wildman–Crippen MR) is 37.0 cm³/mol. The number of hydrogen-bond donors (Lipinski definition) is 0. The number of rotatable bonds is 0. The maximum Gasteiger partial charge on any atom is 0.131 e. The third-order valence-corrected chi connectivity index (χ3v) is 1.40. The van der Waals surface area contributed by atoms with Gasteiger partial charge in [0.2, 0.25) is 0 Å². The second kappa shape index (κ2) is 2.26. The van der Waals surface area contributed by atoms with Crippen LogP contribution in [0.1, 0.15) is 13.3 Å². The van der Waals surface area contributed by atoms with Crippen LogP contribution < -0.4 is 0 Å². The van der Waals surface area contributed by atoms with Crippen LogP contribution in [0.25, 0.3) is 0 Å². The van der Waals surface area contributed by atoms with E-state index >= 15 is 0 Å². The van der Waals surface area contributed by atoms with Crippen LogP contribution in [0.15, 0.2) is 23.8 Å². The van der Waals surface area contributed by atoms with Crippen molar-refractivity contribution in [3.63, 3.8) is 0 Å². The summed E-state index contributed by atoms with van der Waals surface area (Å²) in [5, 5.41) is 8.39. The van der Waals surface area contributed by atoms with E-state index < -0.39 is 5.67 Å². The van der Waals surface area contributed by atoms with Crippen molar-refractivity contribution in [1.29, 1.82) is 5.26 Å². The molecule has 1 rings (SSSR count). The van der Waals surface area contributed by atoms with E-state index in [1.54, 1.807) is 12.2 Å². The van der Waals surface area contributed by atoms with Crippen molar-refractivity contribution in [2.75, 3.05) is 0 Å². The van der Waals surface area contributed by atoms with E-state index in [1.165, 1.54) is 13.0 Å². The third kappa shape index (κ3) is 1.44. The number of nitriles is 1. The van der Waals surface area contributed by atoms with Crippen molar-refractivity contribution in [2.45, 2.75) is 19.0 Å². The Bertz CT molecular complexity index is 230. The van der Waals surface area contributed by atoms with Crippen molar-refractivity contribution in [3.8, 4) is 6.07 Å². The molecule has 2 heteroatoms. The molecule has 1 unspecified atom stereocenters. The van der Waals surface area contributed by atoms with Crippen molar-refractivity contribution in [3.05, 3.63) is 23.8 Å². The highest BCUT2D eigenvalue weighted by Crippen LogP contribution is 2.23. The highest BCUT2D eigenvalue weighted by molar-refractivity contribution is 5.38. The number of allylic oxidation sites excluding steroid dienone is 4. The Morgan fingerprint density at radius 1 is 1.80 bits per heavy atom. The van der Waals surface area contributed by atoms with Crippen LogP contribution in [0, 0.1) is 11.3 Å². The lowest BCUT2D eigenvalue weighted by molar-refractivity contribution is 0.259. The van der Waals surface area contributed by atoms with Gasteiger partial charge in [-0.15, -0.1) is 0 Å². The highest BCUT2D eigenvalue weighted by atomic mass is 19.1. The first kappa shape index (κ1) is 7.01. The maximum atomic E-state index is 13.0. The van der Waals surface area contributed by atoms with E-state index in [4.69, 9.17) is 5.26 Å². The molecule has 0 aromatic carbocycles. The molecule has 10 heavy (non-hydrogen) atoms. The van der Waals surface area contributed by atoms with Gasteiger partial charge in [-0.05, 0) is 19.1 Å². The van der Waals surface area contributed by atoms with Crippen molar-refractivity contribution in [2.24, 2.45) is 0 Å². The number of alkyl halides is 1. The van der Waals surface area contributed by atoms with Crippen LogP contribution in [0.4, 0.5) is 4.39 Å². The minimum absolute atomic E-state index is 0.373. The first-order valence-electron chi connectivity index (χ1n) is 3.12. The topological polar surface area (TPSA) is 23.8 Å². The van der Waals surface area contributed by atoms with E-state index in [0.29, 0.717) is 12.0 Å². The van der Waals surface area contributed by atoms with Gasteiger partial charge >= 0.3 is 0 Å². The fourth-order valence-corrected chi connectivity index (χ4v) is 0.917. The molecular formula is C8H8FN. The molecule has 52 valence electrons. The number of nitrogens with zero attached hydrogens (tertiary/aromatic N) is 1. The zero-order valence-electron chi connectivity index (χ0n) is 5.76. The zero-order chi connectivity index (χ0) is 7.61. The smallest absolute Gasteiger partial charge is 0.131 e. The summed E-state index contributed by atoms with van der Waals surface area (Å²) in [7, 11) is 0. The second-order valence-electron chi connectivity index (χ2n) is 2.60. The first-order valence-corrected chi connectivity index (χ1v) is 3.12. The Morgan fingerprint density at radius 3 is 2.90 bits per heavy atom. The van der Waals surface area contributed by atoms with Gasteiger partial charge in [0.05, 0.1) is 11.6 Å². The average molecular weight is 137 g/mol. The Kier molecular flexibility index (Phi) is 1.58. The van der Waals surface area contributed by atoms with Gasteiger partial charge < -0.3 is 0 Å². The Balaban J connectivity index is 2.88. The molecule has 1 aliphatic rings. The van der Waals surface area contributed by atoms with Gasteiger partial charge in [0.15, 0.2) is 0 Å². The van der Waals surface area contributed by atoms with Gasteiger partial charge in [0, 0.05) is 6.42 Å². The molecule has 1 nitrogen and oxygen atoms in total. The molecule has 0 radical (unpaired) electrons. The molecule has 0 aromatic rings. The first-order chi connectivity index (χ1) is 4.64. The van der Waals surface area contributed by atoms with Crippen molar-refractivity contribution < 1.29 is 4.39 Å². The van der Waals surface area contributed by atoms with E-state index in [1.807, 2.05) is 6.07 Å². The summed E-state index contributed by atoms with van der Waals surface area (Å²) in [6, 6.07) is 1.89. The molecule has 0 aliphatic heterocycles. The maximum absolute atomic E-state index is 13.0. The third-order valence-electron chi connectivity index (χ3n) is 1.40. The van der Waals surface area contributed by atoms with E-state index in [0.717, 1.165) is 0 Å². The molecular weight excluding hydrogens is 129 g/mol. The van der Waals surface area contributed by atoms with Crippen molar-refractivity contribution in [1.82, 2.24) is 0 Å². The monoisotopic (exact) mass is 137 g/mol. The van der Waals surface area contributed by atoms with Crippen LogP contribution in [0.5, 0.6) is 0 Å². The SMILES string of the molecule is CC1(F)C=C(C#N)C=CC1. The van der Waals surface area contributed by atoms with Gasteiger partial charge in [-0.1, -0.05) is 6.08 Å². The van der Waals surface area contributed by atoms with E-state index in [2.05, 4.69) is 0 Å². The molecule has 0 fully saturated rings. The largest absolute Gasteiger partial charge is 0.239 e. The number of halogens is 1. The minimum Gasteiger partial charge on any atom is -0.239 e. The molecule has 0 saturated carbocycles. The summed E-state index contributed by atoms with van der Waals surface area (Å²) >= 11 is 0. The Hall–Kier alpha value is -1.10. The summed E-state index contributed by atoms with van der Waals surface area (Å²) in [5.74, 6) is 0.